The summed E-state index contributed by atoms with van der Waals surface area (Å²) in [5.74, 6) is 2.73. The van der Waals surface area contributed by atoms with Gasteiger partial charge in [-0.25, -0.2) is 0 Å². The lowest BCUT2D eigenvalue weighted by atomic mass is 10.2. The fourth-order valence-electron chi connectivity index (χ4n) is 1.15. The summed E-state index contributed by atoms with van der Waals surface area (Å²) >= 11 is 0. The average Bonchev–Trinajstić information content (AvgIpc) is 2.11. The fourth-order valence-corrected chi connectivity index (χ4v) is 1.15. The van der Waals surface area contributed by atoms with Crippen LogP contribution < -0.4 is 5.32 Å². The Morgan fingerprint density at radius 1 is 1.38 bits per heavy atom. The van der Waals surface area contributed by atoms with Crippen molar-refractivity contribution in [3.63, 3.8) is 0 Å². The first-order chi connectivity index (χ1) is 6.20. The van der Waals surface area contributed by atoms with E-state index < -0.39 is 0 Å². The molecule has 13 heavy (non-hydrogen) atoms. The molecule has 1 atom stereocenters. The van der Waals surface area contributed by atoms with Crippen molar-refractivity contribution in [2.45, 2.75) is 32.2 Å². The highest BCUT2D eigenvalue weighted by atomic mass is 15.0. The van der Waals surface area contributed by atoms with Crippen LogP contribution in [0.4, 0.5) is 0 Å². The molecule has 2 heteroatoms. The van der Waals surface area contributed by atoms with Crippen LogP contribution in [0.1, 0.15) is 26.2 Å². The van der Waals surface area contributed by atoms with E-state index in [4.69, 9.17) is 6.42 Å². The zero-order valence-electron chi connectivity index (χ0n) is 9.14. The minimum atomic E-state index is 0.263. The van der Waals surface area contributed by atoms with Crippen molar-refractivity contribution in [3.8, 4) is 12.3 Å². The molecule has 1 N–H and O–H groups in total. The summed E-state index contributed by atoms with van der Waals surface area (Å²) in [7, 11) is 4.20. The number of rotatable bonds is 7. The third-order valence-electron chi connectivity index (χ3n) is 2.03. The summed E-state index contributed by atoms with van der Waals surface area (Å²) in [5, 5.41) is 3.34. The van der Waals surface area contributed by atoms with Crippen molar-refractivity contribution in [1.29, 1.82) is 0 Å². The molecule has 0 amide bonds. The summed E-state index contributed by atoms with van der Waals surface area (Å²) < 4.78 is 0. The first-order valence-electron chi connectivity index (χ1n) is 5.05. The molecule has 1 unspecified atom stereocenters. The van der Waals surface area contributed by atoms with E-state index in [0.717, 1.165) is 19.5 Å². The molecule has 2 nitrogen and oxygen atoms in total. The van der Waals surface area contributed by atoms with Gasteiger partial charge in [0.2, 0.25) is 0 Å². The van der Waals surface area contributed by atoms with Crippen molar-refractivity contribution in [1.82, 2.24) is 10.2 Å². The first kappa shape index (κ1) is 12.5. The molecule has 0 rings (SSSR count). The minimum absolute atomic E-state index is 0.263. The van der Waals surface area contributed by atoms with Crippen molar-refractivity contribution in [3.05, 3.63) is 0 Å². The molecule has 0 fully saturated rings. The van der Waals surface area contributed by atoms with Gasteiger partial charge in [-0.1, -0.05) is 12.8 Å². The largest absolute Gasteiger partial charge is 0.309 e. The SMILES string of the molecule is C#CC(CC)NCCCCN(C)C. The summed E-state index contributed by atoms with van der Waals surface area (Å²) in [6, 6.07) is 0.263. The van der Waals surface area contributed by atoms with E-state index in [2.05, 4.69) is 37.2 Å². The van der Waals surface area contributed by atoms with Crippen LogP contribution in [0.3, 0.4) is 0 Å². The molecule has 0 aromatic carbocycles. The monoisotopic (exact) mass is 182 g/mol. The normalized spacial score (nSPS) is 12.8. The number of unbranched alkanes of at least 4 members (excludes halogenated alkanes) is 1. The van der Waals surface area contributed by atoms with Gasteiger partial charge >= 0.3 is 0 Å². The van der Waals surface area contributed by atoms with Gasteiger partial charge in [0.05, 0.1) is 6.04 Å². The molecule has 0 aromatic heterocycles. The molecule has 0 radical (unpaired) electrons. The Balaban J connectivity index is 3.21. The van der Waals surface area contributed by atoms with Crippen LogP contribution in [-0.2, 0) is 0 Å². The predicted octanol–water partition coefficient (Wildman–Crippen LogP) is 1.33. The maximum atomic E-state index is 5.33. The second-order valence-electron chi connectivity index (χ2n) is 3.59. The Morgan fingerprint density at radius 3 is 2.54 bits per heavy atom. The van der Waals surface area contributed by atoms with Crippen molar-refractivity contribution >= 4 is 0 Å². The van der Waals surface area contributed by atoms with E-state index in [1.165, 1.54) is 12.8 Å². The Hall–Kier alpha value is -0.520. The van der Waals surface area contributed by atoms with Gasteiger partial charge in [0, 0.05) is 0 Å². The number of nitrogens with zero attached hydrogens (tertiary/aromatic N) is 1. The number of nitrogens with one attached hydrogen (secondary N) is 1. The highest BCUT2D eigenvalue weighted by molar-refractivity contribution is 4.97. The molecule has 0 bridgehead atoms. The Kier molecular flexibility index (Phi) is 7.77. The second-order valence-corrected chi connectivity index (χ2v) is 3.59. The lowest BCUT2D eigenvalue weighted by Crippen LogP contribution is -2.28. The Labute approximate surface area is 82.7 Å². The molecule has 0 aliphatic carbocycles. The zero-order chi connectivity index (χ0) is 10.1. The van der Waals surface area contributed by atoms with E-state index in [9.17, 15) is 0 Å². The van der Waals surface area contributed by atoms with Gasteiger partial charge in [-0.3, -0.25) is 0 Å². The van der Waals surface area contributed by atoms with Gasteiger partial charge in [-0.15, -0.1) is 6.42 Å². The highest BCUT2D eigenvalue weighted by Crippen LogP contribution is 1.92. The Bertz CT molecular complexity index is 147. The van der Waals surface area contributed by atoms with Crippen LogP contribution in [0.2, 0.25) is 0 Å². The minimum Gasteiger partial charge on any atom is -0.309 e. The van der Waals surface area contributed by atoms with Crippen LogP contribution in [0.15, 0.2) is 0 Å². The van der Waals surface area contributed by atoms with Gasteiger partial charge in [-0.05, 0) is 46.4 Å². The van der Waals surface area contributed by atoms with Gasteiger partial charge in [-0.2, -0.15) is 0 Å². The van der Waals surface area contributed by atoms with Crippen LogP contribution in [-0.4, -0.2) is 38.1 Å². The Morgan fingerprint density at radius 2 is 2.08 bits per heavy atom. The maximum Gasteiger partial charge on any atom is 0.0684 e. The standard InChI is InChI=1S/C11H22N2/c1-5-11(6-2)12-9-7-8-10-13(3)4/h1,11-12H,6-10H2,2-4H3. The smallest absolute Gasteiger partial charge is 0.0684 e. The summed E-state index contributed by atoms with van der Waals surface area (Å²) in [6.07, 6.45) is 8.79. The second kappa shape index (κ2) is 8.10. The zero-order valence-corrected chi connectivity index (χ0v) is 9.14. The molecule has 0 saturated carbocycles. The van der Waals surface area contributed by atoms with Crippen LogP contribution in [0.5, 0.6) is 0 Å². The van der Waals surface area contributed by atoms with Crippen molar-refractivity contribution < 1.29 is 0 Å². The van der Waals surface area contributed by atoms with E-state index in [1.807, 2.05) is 0 Å². The summed E-state index contributed by atoms with van der Waals surface area (Å²) in [5.41, 5.74) is 0. The quantitative estimate of drug-likeness (QED) is 0.472. The van der Waals surface area contributed by atoms with Crippen molar-refractivity contribution in [2.24, 2.45) is 0 Å². The third-order valence-corrected chi connectivity index (χ3v) is 2.03. The molecule has 0 aliphatic heterocycles. The number of hydrogen-bond acceptors (Lipinski definition) is 2. The summed E-state index contributed by atoms with van der Waals surface area (Å²) in [6.45, 7) is 4.31. The van der Waals surface area contributed by atoms with Gasteiger partial charge in [0.25, 0.3) is 0 Å². The predicted molar refractivity (Wildman–Crippen MR) is 58.7 cm³/mol. The first-order valence-corrected chi connectivity index (χ1v) is 5.05. The lowest BCUT2D eigenvalue weighted by Gasteiger charge is -2.12. The van der Waals surface area contributed by atoms with E-state index in [1.54, 1.807) is 0 Å². The molecule has 0 aromatic rings. The van der Waals surface area contributed by atoms with Crippen LogP contribution in [0.25, 0.3) is 0 Å². The van der Waals surface area contributed by atoms with Crippen LogP contribution >= 0.6 is 0 Å². The molecular weight excluding hydrogens is 160 g/mol. The number of hydrogen-bond donors (Lipinski definition) is 1. The molecule has 0 aliphatic rings. The summed E-state index contributed by atoms with van der Waals surface area (Å²) in [4.78, 5) is 2.21. The highest BCUT2D eigenvalue weighted by Gasteiger charge is 1.98. The van der Waals surface area contributed by atoms with Gasteiger partial charge in [0.1, 0.15) is 0 Å². The average molecular weight is 182 g/mol. The third kappa shape index (κ3) is 7.83. The topological polar surface area (TPSA) is 15.3 Å². The van der Waals surface area contributed by atoms with E-state index in [0.29, 0.717) is 0 Å². The molecule has 76 valence electrons. The fraction of sp³-hybridized carbons (Fsp3) is 0.818. The number of terminal acetylenes is 1. The van der Waals surface area contributed by atoms with Crippen molar-refractivity contribution in [2.75, 3.05) is 27.2 Å². The van der Waals surface area contributed by atoms with E-state index in [-0.39, 0.29) is 6.04 Å². The molecule has 0 heterocycles. The molecule has 0 saturated heterocycles. The molecular formula is C11H22N2. The van der Waals surface area contributed by atoms with Gasteiger partial charge < -0.3 is 10.2 Å². The van der Waals surface area contributed by atoms with Gasteiger partial charge in [0.15, 0.2) is 0 Å². The lowest BCUT2D eigenvalue weighted by molar-refractivity contribution is 0.390. The molecule has 0 spiro atoms. The van der Waals surface area contributed by atoms with Crippen LogP contribution in [0, 0.1) is 12.3 Å². The van der Waals surface area contributed by atoms with E-state index >= 15 is 0 Å². The maximum absolute atomic E-state index is 5.33.